The number of aliphatic hydroxyl groups excluding tert-OH is 1. The first kappa shape index (κ1) is 17.7. The predicted molar refractivity (Wildman–Crippen MR) is 95.8 cm³/mol. The van der Waals surface area contributed by atoms with Crippen molar-refractivity contribution >= 4 is 11.8 Å². The minimum absolute atomic E-state index is 0.181. The highest BCUT2D eigenvalue weighted by atomic mass is 32.2. The maximum Gasteiger partial charge on any atom is 0.114 e. The molecular weight excluding hydrogens is 320 g/mol. The molecule has 0 radical (unpaired) electrons. The Kier molecular flexibility index (Phi) is 5.46. The monoisotopic (exact) mass is 346 g/mol. The number of β-amino-alcohol motifs (C(OH)–C–C–N with tert-alkyl or cyclic N) is 1. The lowest BCUT2D eigenvalue weighted by Crippen LogP contribution is -2.52. The van der Waals surface area contributed by atoms with Gasteiger partial charge in [-0.05, 0) is 63.2 Å². The fraction of sp³-hybridized carbons (Fsp3) is 0.667. The van der Waals surface area contributed by atoms with Gasteiger partial charge < -0.3 is 10.0 Å². The van der Waals surface area contributed by atoms with Crippen molar-refractivity contribution in [1.82, 2.24) is 14.8 Å². The SMILES string of the molecule is CSc1nc(CN2CCC3(CC2)CC(O)CN(C)C3)ccc1C#N. The molecule has 0 amide bonds. The zero-order valence-corrected chi connectivity index (χ0v) is 15.3. The zero-order valence-electron chi connectivity index (χ0n) is 14.5. The molecule has 0 bridgehead atoms. The van der Waals surface area contributed by atoms with Crippen LogP contribution in [0.15, 0.2) is 17.2 Å². The molecule has 2 aliphatic heterocycles. The summed E-state index contributed by atoms with van der Waals surface area (Å²) in [7, 11) is 2.11. The minimum Gasteiger partial charge on any atom is -0.392 e. The average Bonchev–Trinajstić information content (AvgIpc) is 2.56. The number of nitrogens with zero attached hydrogens (tertiary/aromatic N) is 4. The number of piperidine rings is 2. The van der Waals surface area contributed by atoms with E-state index in [-0.39, 0.29) is 11.5 Å². The Bertz CT molecular complexity index is 610. The molecule has 3 rings (SSSR count). The van der Waals surface area contributed by atoms with Crippen LogP contribution < -0.4 is 0 Å². The number of likely N-dealkylation sites (tertiary alicyclic amines) is 2. The van der Waals surface area contributed by atoms with E-state index in [0.717, 1.165) is 62.7 Å². The Balaban J connectivity index is 1.61. The zero-order chi connectivity index (χ0) is 17.2. The summed E-state index contributed by atoms with van der Waals surface area (Å²) in [5.74, 6) is 0. The number of hydrogen-bond acceptors (Lipinski definition) is 6. The van der Waals surface area contributed by atoms with Crippen molar-refractivity contribution in [2.45, 2.75) is 36.9 Å². The standard InChI is InChI=1S/C18H26N4OS/c1-21-12-16(23)9-18(13-21)5-7-22(8-6-18)11-15-4-3-14(10-19)17(20-15)24-2/h3-4,16,23H,5-9,11-13H2,1-2H3. The maximum atomic E-state index is 10.1. The smallest absolute Gasteiger partial charge is 0.114 e. The molecule has 1 unspecified atom stereocenters. The lowest BCUT2D eigenvalue weighted by molar-refractivity contribution is -0.0332. The summed E-state index contributed by atoms with van der Waals surface area (Å²) in [6.45, 7) is 4.85. The third-order valence-electron chi connectivity index (χ3n) is 5.33. The van der Waals surface area contributed by atoms with Crippen LogP contribution in [0.3, 0.4) is 0 Å². The van der Waals surface area contributed by atoms with Crippen LogP contribution in [-0.2, 0) is 6.54 Å². The first-order valence-electron chi connectivity index (χ1n) is 8.56. The molecule has 24 heavy (non-hydrogen) atoms. The molecule has 1 atom stereocenters. The lowest BCUT2D eigenvalue weighted by Gasteiger charge is -2.48. The quantitative estimate of drug-likeness (QED) is 0.844. The molecule has 0 aliphatic carbocycles. The number of aromatic nitrogens is 1. The Morgan fingerprint density at radius 2 is 2.17 bits per heavy atom. The van der Waals surface area contributed by atoms with Crippen LogP contribution in [0.4, 0.5) is 0 Å². The molecule has 5 nitrogen and oxygen atoms in total. The maximum absolute atomic E-state index is 10.1. The Hall–Kier alpha value is -1.13. The number of aliphatic hydroxyl groups is 1. The normalized spacial score (nSPS) is 24.8. The van der Waals surface area contributed by atoms with Gasteiger partial charge in [-0.2, -0.15) is 5.26 Å². The van der Waals surface area contributed by atoms with Gasteiger partial charge in [-0.25, -0.2) is 4.98 Å². The van der Waals surface area contributed by atoms with Gasteiger partial charge in [0.25, 0.3) is 0 Å². The highest BCUT2D eigenvalue weighted by molar-refractivity contribution is 7.98. The van der Waals surface area contributed by atoms with Gasteiger partial charge in [-0.1, -0.05) is 0 Å². The molecule has 130 valence electrons. The fourth-order valence-corrected chi connectivity index (χ4v) is 4.75. The van der Waals surface area contributed by atoms with Gasteiger partial charge >= 0.3 is 0 Å². The summed E-state index contributed by atoms with van der Waals surface area (Å²) in [4.78, 5) is 9.36. The van der Waals surface area contributed by atoms with E-state index in [0.29, 0.717) is 5.56 Å². The molecule has 2 aliphatic rings. The minimum atomic E-state index is -0.181. The number of likely N-dealkylation sites (N-methyl/N-ethyl adjacent to an activating group) is 1. The number of rotatable bonds is 3. The summed E-state index contributed by atoms with van der Waals surface area (Å²) < 4.78 is 0. The van der Waals surface area contributed by atoms with Crippen molar-refractivity contribution in [1.29, 1.82) is 5.26 Å². The second kappa shape index (κ2) is 7.40. The molecule has 1 N–H and O–H groups in total. The number of nitriles is 1. The van der Waals surface area contributed by atoms with Crippen LogP contribution in [0.5, 0.6) is 0 Å². The summed E-state index contributed by atoms with van der Waals surface area (Å²) in [5.41, 5.74) is 1.98. The Morgan fingerprint density at radius 1 is 1.42 bits per heavy atom. The van der Waals surface area contributed by atoms with E-state index in [4.69, 9.17) is 5.26 Å². The van der Waals surface area contributed by atoms with Crippen LogP contribution in [0.1, 0.15) is 30.5 Å². The topological polar surface area (TPSA) is 63.4 Å². The van der Waals surface area contributed by atoms with E-state index in [2.05, 4.69) is 27.9 Å². The van der Waals surface area contributed by atoms with E-state index in [1.54, 1.807) is 0 Å². The van der Waals surface area contributed by atoms with Gasteiger partial charge in [0.2, 0.25) is 0 Å². The van der Waals surface area contributed by atoms with Gasteiger partial charge in [0.1, 0.15) is 11.1 Å². The molecule has 1 aromatic rings. The number of pyridine rings is 1. The molecule has 1 aromatic heterocycles. The van der Waals surface area contributed by atoms with Gasteiger partial charge in [-0.15, -0.1) is 11.8 Å². The van der Waals surface area contributed by atoms with Crippen LogP contribution in [0.25, 0.3) is 0 Å². The molecule has 0 saturated carbocycles. The molecule has 0 aromatic carbocycles. The molecule has 2 saturated heterocycles. The first-order valence-corrected chi connectivity index (χ1v) is 9.79. The van der Waals surface area contributed by atoms with Crippen molar-refractivity contribution < 1.29 is 5.11 Å². The van der Waals surface area contributed by atoms with Crippen molar-refractivity contribution in [3.05, 3.63) is 23.4 Å². The van der Waals surface area contributed by atoms with E-state index < -0.39 is 0 Å². The third kappa shape index (κ3) is 3.92. The summed E-state index contributed by atoms with van der Waals surface area (Å²) in [6.07, 6.45) is 5.00. The Labute approximate surface area is 148 Å². The van der Waals surface area contributed by atoms with Crippen LogP contribution in [-0.4, -0.2) is 65.5 Å². The molecular formula is C18H26N4OS. The molecule has 6 heteroatoms. The van der Waals surface area contributed by atoms with Crippen molar-refractivity contribution in [3.63, 3.8) is 0 Å². The third-order valence-corrected chi connectivity index (χ3v) is 6.03. The van der Waals surface area contributed by atoms with Crippen LogP contribution >= 0.6 is 11.8 Å². The van der Waals surface area contributed by atoms with E-state index >= 15 is 0 Å². The fourth-order valence-electron chi connectivity index (χ4n) is 4.21. The van der Waals surface area contributed by atoms with Crippen molar-refractivity contribution in [3.8, 4) is 6.07 Å². The molecule has 3 heterocycles. The number of hydrogen-bond donors (Lipinski definition) is 1. The van der Waals surface area contributed by atoms with Gasteiger partial charge in [0.15, 0.2) is 0 Å². The van der Waals surface area contributed by atoms with Gasteiger partial charge in [0, 0.05) is 19.6 Å². The van der Waals surface area contributed by atoms with Gasteiger partial charge in [0.05, 0.1) is 17.4 Å². The second-order valence-electron chi connectivity index (χ2n) is 7.30. The predicted octanol–water partition coefficient (Wildman–Crippen LogP) is 1.95. The van der Waals surface area contributed by atoms with E-state index in [1.807, 2.05) is 18.4 Å². The first-order chi connectivity index (χ1) is 11.5. The van der Waals surface area contributed by atoms with Crippen LogP contribution in [0.2, 0.25) is 0 Å². The largest absolute Gasteiger partial charge is 0.392 e. The summed E-state index contributed by atoms with van der Waals surface area (Å²) in [6, 6.07) is 6.05. The summed E-state index contributed by atoms with van der Waals surface area (Å²) >= 11 is 1.53. The highest BCUT2D eigenvalue weighted by Crippen LogP contribution is 2.39. The van der Waals surface area contributed by atoms with Crippen molar-refractivity contribution in [2.75, 3.05) is 39.5 Å². The molecule has 1 spiro atoms. The van der Waals surface area contributed by atoms with E-state index in [1.165, 1.54) is 11.8 Å². The Morgan fingerprint density at radius 3 is 2.79 bits per heavy atom. The second-order valence-corrected chi connectivity index (χ2v) is 8.10. The van der Waals surface area contributed by atoms with Crippen molar-refractivity contribution in [2.24, 2.45) is 5.41 Å². The number of thioether (sulfide) groups is 1. The van der Waals surface area contributed by atoms with Crippen LogP contribution in [0, 0.1) is 16.7 Å². The average molecular weight is 347 g/mol. The summed E-state index contributed by atoms with van der Waals surface area (Å²) in [5, 5.41) is 20.0. The van der Waals surface area contributed by atoms with Gasteiger partial charge in [-0.3, -0.25) is 4.90 Å². The molecule has 2 fully saturated rings. The van der Waals surface area contributed by atoms with E-state index in [9.17, 15) is 5.11 Å². The highest BCUT2D eigenvalue weighted by Gasteiger charge is 2.40. The lowest BCUT2D eigenvalue weighted by atomic mass is 9.72.